The van der Waals surface area contributed by atoms with Gasteiger partial charge in [-0.1, -0.05) is 23.7 Å². The Hall–Kier alpha value is -1.46. The van der Waals surface area contributed by atoms with Crippen molar-refractivity contribution in [2.45, 2.75) is 5.54 Å². The van der Waals surface area contributed by atoms with Gasteiger partial charge < -0.3 is 10.1 Å². The van der Waals surface area contributed by atoms with Gasteiger partial charge in [-0.15, -0.1) is 0 Å². The number of benzene rings is 1. The second kappa shape index (κ2) is 4.43. The van der Waals surface area contributed by atoms with E-state index in [1.165, 1.54) is 13.3 Å². The second-order valence-corrected chi connectivity index (χ2v) is 4.32. The first-order chi connectivity index (χ1) is 8.08. The van der Waals surface area contributed by atoms with Gasteiger partial charge in [-0.3, -0.25) is 0 Å². The van der Waals surface area contributed by atoms with Gasteiger partial charge in [0.2, 0.25) is 0 Å². The molecule has 1 N–H and O–H groups in total. The number of hydrogen-bond donors (Lipinski definition) is 1. The van der Waals surface area contributed by atoms with Crippen LogP contribution in [0.25, 0.3) is 0 Å². The minimum atomic E-state index is -1.14. The fraction of sp³-hybridized carbons (Fsp3) is 0.182. The topological polar surface area (TPSA) is 50.7 Å². The van der Waals surface area contributed by atoms with Gasteiger partial charge in [0.15, 0.2) is 10.7 Å². The number of halogens is 1. The molecule has 0 saturated heterocycles. The molecule has 17 heavy (non-hydrogen) atoms. The normalized spacial score (nSPS) is 22.4. The average Bonchev–Trinajstić information content (AvgIpc) is 2.72. The highest BCUT2D eigenvalue weighted by Crippen LogP contribution is 2.25. The molecule has 1 atom stereocenters. The number of nitrogens with zero attached hydrogens (tertiary/aromatic N) is 1. The van der Waals surface area contributed by atoms with E-state index in [0.717, 1.165) is 0 Å². The highest BCUT2D eigenvalue weighted by Gasteiger charge is 2.43. The first kappa shape index (κ1) is 12.0. The van der Waals surface area contributed by atoms with Crippen LogP contribution in [0.3, 0.4) is 0 Å². The van der Waals surface area contributed by atoms with E-state index in [0.29, 0.717) is 10.6 Å². The Labute approximate surface area is 109 Å². The van der Waals surface area contributed by atoms with Crippen LogP contribution in [0.5, 0.6) is 0 Å². The summed E-state index contributed by atoms with van der Waals surface area (Å²) in [6.45, 7) is 0. The summed E-state index contributed by atoms with van der Waals surface area (Å²) in [4.78, 5) is 15.8. The molecule has 1 aliphatic heterocycles. The number of rotatable bonds is 2. The van der Waals surface area contributed by atoms with Gasteiger partial charge in [-0.05, 0) is 29.9 Å². The number of aliphatic imine (C=N–C) groups is 1. The van der Waals surface area contributed by atoms with E-state index in [1.807, 2.05) is 0 Å². The van der Waals surface area contributed by atoms with E-state index >= 15 is 0 Å². The monoisotopic (exact) mass is 268 g/mol. The summed E-state index contributed by atoms with van der Waals surface area (Å²) < 4.78 is 4.79. The lowest BCUT2D eigenvalue weighted by Gasteiger charge is -2.24. The molecule has 0 aliphatic carbocycles. The third-order valence-corrected chi connectivity index (χ3v) is 2.95. The Morgan fingerprint density at radius 2 is 2.12 bits per heavy atom. The van der Waals surface area contributed by atoms with Gasteiger partial charge in [-0.2, -0.15) is 0 Å². The zero-order valence-corrected chi connectivity index (χ0v) is 10.5. The van der Waals surface area contributed by atoms with Gasteiger partial charge in [0, 0.05) is 11.2 Å². The molecule has 1 aliphatic rings. The standard InChI is InChI=1S/C11H9ClN2O2S/c1-16-9(15)11(6-13-10(17)14-11)7-2-4-8(12)5-3-7/h2-6H,1H3,(H,14,17). The zero-order chi connectivity index (χ0) is 12.5. The van der Waals surface area contributed by atoms with Crippen molar-refractivity contribution in [2.75, 3.05) is 7.11 Å². The van der Waals surface area contributed by atoms with Crippen LogP contribution in [0.4, 0.5) is 0 Å². The Balaban J connectivity index is 2.48. The van der Waals surface area contributed by atoms with Crippen LogP contribution >= 0.6 is 23.8 Å². The molecular formula is C11H9ClN2O2S. The lowest BCUT2D eigenvalue weighted by atomic mass is 9.92. The summed E-state index contributed by atoms with van der Waals surface area (Å²) in [6, 6.07) is 6.84. The Kier molecular flexibility index (Phi) is 3.13. The van der Waals surface area contributed by atoms with Gasteiger partial charge in [0.25, 0.3) is 0 Å². The van der Waals surface area contributed by atoms with Crippen LogP contribution < -0.4 is 5.32 Å². The van der Waals surface area contributed by atoms with Crippen LogP contribution in [0, 0.1) is 0 Å². The van der Waals surface area contributed by atoms with E-state index in [1.54, 1.807) is 24.3 Å². The average molecular weight is 269 g/mol. The lowest BCUT2D eigenvalue weighted by molar-refractivity contribution is -0.145. The van der Waals surface area contributed by atoms with Gasteiger partial charge in [-0.25, -0.2) is 9.79 Å². The Bertz CT molecular complexity index is 501. The molecule has 1 aromatic rings. The van der Waals surface area contributed by atoms with Gasteiger partial charge in [0.05, 0.1) is 7.11 Å². The number of methoxy groups -OCH3 is 1. The maximum absolute atomic E-state index is 11.9. The molecule has 0 fully saturated rings. The molecule has 2 rings (SSSR count). The molecule has 0 saturated carbocycles. The highest BCUT2D eigenvalue weighted by molar-refractivity contribution is 7.80. The summed E-state index contributed by atoms with van der Waals surface area (Å²) in [5.41, 5.74) is -0.464. The minimum absolute atomic E-state index is 0.255. The largest absolute Gasteiger partial charge is 0.467 e. The second-order valence-electron chi connectivity index (χ2n) is 3.49. The SMILES string of the molecule is COC(=O)C1(c2ccc(Cl)cc2)C=NC(=S)N1. The molecule has 0 bridgehead atoms. The van der Waals surface area contributed by atoms with Crippen molar-refractivity contribution < 1.29 is 9.53 Å². The molecule has 1 aromatic carbocycles. The number of nitrogens with one attached hydrogen (secondary N) is 1. The number of hydrogen-bond acceptors (Lipinski definition) is 3. The molecule has 4 nitrogen and oxygen atoms in total. The summed E-state index contributed by atoms with van der Waals surface area (Å²) in [5.74, 6) is -0.469. The van der Waals surface area contributed by atoms with E-state index in [-0.39, 0.29) is 5.11 Å². The molecule has 0 aromatic heterocycles. The first-order valence-electron chi connectivity index (χ1n) is 4.80. The van der Waals surface area contributed by atoms with Crippen LogP contribution in [-0.4, -0.2) is 24.4 Å². The Morgan fingerprint density at radius 1 is 1.47 bits per heavy atom. The van der Waals surface area contributed by atoms with Crippen LogP contribution in [0.2, 0.25) is 5.02 Å². The van der Waals surface area contributed by atoms with Gasteiger partial charge >= 0.3 is 5.97 Å². The van der Waals surface area contributed by atoms with Crippen molar-refractivity contribution >= 4 is 41.1 Å². The quantitative estimate of drug-likeness (QED) is 0.655. The summed E-state index contributed by atoms with van der Waals surface area (Å²) in [6.07, 6.45) is 1.45. The molecule has 88 valence electrons. The van der Waals surface area contributed by atoms with Crippen molar-refractivity contribution in [3.63, 3.8) is 0 Å². The molecule has 0 radical (unpaired) electrons. The summed E-state index contributed by atoms with van der Waals surface area (Å²) >= 11 is 10.7. The van der Waals surface area contributed by atoms with Crippen LogP contribution in [0.1, 0.15) is 5.56 Å². The molecule has 1 heterocycles. The smallest absolute Gasteiger partial charge is 0.342 e. The number of carbonyl (C=O) groups excluding carboxylic acids is 1. The van der Waals surface area contributed by atoms with E-state index in [9.17, 15) is 4.79 Å². The van der Waals surface area contributed by atoms with Crippen molar-refractivity contribution in [1.29, 1.82) is 0 Å². The zero-order valence-electron chi connectivity index (χ0n) is 8.94. The van der Waals surface area contributed by atoms with E-state index < -0.39 is 11.5 Å². The fourth-order valence-electron chi connectivity index (χ4n) is 1.63. The van der Waals surface area contributed by atoms with Crippen molar-refractivity contribution in [2.24, 2.45) is 4.99 Å². The van der Waals surface area contributed by atoms with Crippen molar-refractivity contribution in [3.8, 4) is 0 Å². The predicted molar refractivity (Wildman–Crippen MR) is 69.4 cm³/mol. The van der Waals surface area contributed by atoms with E-state index in [4.69, 9.17) is 28.6 Å². The third kappa shape index (κ3) is 2.03. The highest BCUT2D eigenvalue weighted by atomic mass is 35.5. The summed E-state index contributed by atoms with van der Waals surface area (Å²) in [5, 5.41) is 3.69. The van der Waals surface area contributed by atoms with E-state index in [2.05, 4.69) is 10.3 Å². The number of thiocarbonyl (C=S) groups is 1. The van der Waals surface area contributed by atoms with Gasteiger partial charge in [0.1, 0.15) is 0 Å². The minimum Gasteiger partial charge on any atom is -0.467 e. The molecule has 1 unspecified atom stereocenters. The molecule has 0 spiro atoms. The first-order valence-corrected chi connectivity index (χ1v) is 5.59. The number of carbonyl (C=O) groups is 1. The van der Waals surface area contributed by atoms with Crippen LogP contribution in [-0.2, 0) is 15.1 Å². The van der Waals surface area contributed by atoms with Crippen molar-refractivity contribution in [1.82, 2.24) is 5.32 Å². The Morgan fingerprint density at radius 3 is 2.59 bits per heavy atom. The van der Waals surface area contributed by atoms with Crippen molar-refractivity contribution in [3.05, 3.63) is 34.9 Å². The predicted octanol–water partition coefficient (Wildman–Crippen LogP) is 1.67. The molecule has 6 heteroatoms. The molecule has 0 amide bonds. The number of ether oxygens (including phenoxy) is 1. The number of esters is 1. The lowest BCUT2D eigenvalue weighted by Crippen LogP contribution is -2.49. The fourth-order valence-corrected chi connectivity index (χ4v) is 1.97. The third-order valence-electron chi connectivity index (χ3n) is 2.49. The molecular weight excluding hydrogens is 260 g/mol. The van der Waals surface area contributed by atoms with Crippen LogP contribution in [0.15, 0.2) is 29.3 Å². The maximum Gasteiger partial charge on any atom is 0.342 e. The maximum atomic E-state index is 11.9. The summed E-state index contributed by atoms with van der Waals surface area (Å²) in [7, 11) is 1.32.